The smallest absolute Gasteiger partial charge is 0.166 e. The molecular weight excluding hydrogens is 233 g/mol. The van der Waals surface area contributed by atoms with Crippen LogP contribution in [0.15, 0.2) is 24.3 Å². The molecule has 0 unspecified atom stereocenters. The van der Waals surface area contributed by atoms with Gasteiger partial charge >= 0.3 is 6.18 Å². The van der Waals surface area contributed by atoms with Crippen LogP contribution in [0.3, 0.4) is 0 Å². The van der Waals surface area contributed by atoms with Crippen molar-refractivity contribution in [2.45, 2.75) is 12.6 Å². The second-order valence-corrected chi connectivity index (χ2v) is 3.59. The van der Waals surface area contributed by atoms with Crippen LogP contribution in [-0.2, 0) is 6.42 Å². The molecule has 0 aromatic heterocycles. The lowest BCUT2D eigenvalue weighted by Gasteiger charge is -2.08. The Labute approximate surface area is 89.7 Å². The van der Waals surface area contributed by atoms with Crippen LogP contribution < -0.4 is 0 Å². The lowest BCUT2D eigenvalue weighted by molar-refractivity contribution is -0.0575. The van der Waals surface area contributed by atoms with Crippen LogP contribution in [-0.4, -0.2) is 11.0 Å². The summed E-state index contributed by atoms with van der Waals surface area (Å²) < 4.78 is 36.2. The third-order valence-electron chi connectivity index (χ3n) is 1.63. The zero-order valence-corrected chi connectivity index (χ0v) is 8.51. The van der Waals surface area contributed by atoms with Gasteiger partial charge in [-0.25, -0.2) is 0 Å². The summed E-state index contributed by atoms with van der Waals surface area (Å²) in [5, 5.41) is 0.305. The summed E-state index contributed by atoms with van der Waals surface area (Å²) >= 11 is 9.94. The van der Waals surface area contributed by atoms with Gasteiger partial charge in [0.05, 0.1) is 0 Å². The predicted octanol–water partition coefficient (Wildman–Crippen LogP) is 3.81. The lowest BCUT2D eigenvalue weighted by atomic mass is 10.1. The number of halogens is 4. The fraction of sp³-hybridized carbons (Fsp3) is 0.222. The maximum Gasteiger partial charge on any atom is 0.422 e. The van der Waals surface area contributed by atoms with Crippen LogP contribution in [0.4, 0.5) is 13.2 Å². The second-order valence-electron chi connectivity index (χ2n) is 2.69. The van der Waals surface area contributed by atoms with Crippen molar-refractivity contribution in [1.82, 2.24) is 0 Å². The first-order chi connectivity index (χ1) is 6.41. The van der Waals surface area contributed by atoms with Crippen molar-refractivity contribution < 1.29 is 13.2 Å². The second kappa shape index (κ2) is 4.28. The van der Waals surface area contributed by atoms with Crippen molar-refractivity contribution >= 4 is 28.7 Å². The van der Waals surface area contributed by atoms with Gasteiger partial charge in [0.1, 0.15) is 4.86 Å². The molecule has 0 bridgehead atoms. The Hall–Kier alpha value is -0.610. The average Bonchev–Trinajstić information content (AvgIpc) is 2.07. The fourth-order valence-corrected chi connectivity index (χ4v) is 1.27. The summed E-state index contributed by atoms with van der Waals surface area (Å²) in [5.41, 5.74) is 0.400. The minimum Gasteiger partial charge on any atom is -0.166 e. The van der Waals surface area contributed by atoms with Crippen molar-refractivity contribution in [1.29, 1.82) is 0 Å². The van der Waals surface area contributed by atoms with E-state index in [0.29, 0.717) is 10.6 Å². The van der Waals surface area contributed by atoms with E-state index in [0.717, 1.165) is 0 Å². The summed E-state index contributed by atoms with van der Waals surface area (Å²) in [6.45, 7) is 0. The van der Waals surface area contributed by atoms with E-state index >= 15 is 0 Å². The number of hydrogen-bond donors (Lipinski definition) is 0. The van der Waals surface area contributed by atoms with Crippen LogP contribution in [0.1, 0.15) is 5.56 Å². The van der Waals surface area contributed by atoms with Crippen molar-refractivity contribution in [3.63, 3.8) is 0 Å². The third kappa shape index (κ3) is 2.96. The van der Waals surface area contributed by atoms with Gasteiger partial charge in [-0.1, -0.05) is 42.0 Å². The maximum absolute atomic E-state index is 12.1. The highest BCUT2D eigenvalue weighted by atomic mass is 35.5. The van der Waals surface area contributed by atoms with Crippen molar-refractivity contribution in [2.75, 3.05) is 0 Å². The molecule has 14 heavy (non-hydrogen) atoms. The highest BCUT2D eigenvalue weighted by Crippen LogP contribution is 2.23. The molecule has 1 rings (SSSR count). The summed E-state index contributed by atoms with van der Waals surface area (Å²) in [4.78, 5) is -0.953. The highest BCUT2D eigenvalue weighted by Gasteiger charge is 2.33. The molecule has 0 saturated heterocycles. The Kier molecular flexibility index (Phi) is 3.50. The highest BCUT2D eigenvalue weighted by molar-refractivity contribution is 7.80. The molecule has 0 atom stereocenters. The van der Waals surface area contributed by atoms with E-state index in [1.54, 1.807) is 12.1 Å². The van der Waals surface area contributed by atoms with Crippen molar-refractivity contribution in [2.24, 2.45) is 0 Å². The van der Waals surface area contributed by atoms with Gasteiger partial charge in [-0.3, -0.25) is 0 Å². The van der Waals surface area contributed by atoms with Gasteiger partial charge in [-0.05, 0) is 11.6 Å². The molecular formula is C9H6ClF3S. The molecule has 76 valence electrons. The van der Waals surface area contributed by atoms with Crippen LogP contribution in [0.2, 0.25) is 5.02 Å². The Morgan fingerprint density at radius 3 is 2.36 bits per heavy atom. The molecule has 0 fully saturated rings. The van der Waals surface area contributed by atoms with Crippen LogP contribution >= 0.6 is 23.8 Å². The zero-order valence-electron chi connectivity index (χ0n) is 6.94. The molecule has 0 radical (unpaired) electrons. The Morgan fingerprint density at radius 2 is 1.86 bits per heavy atom. The molecule has 0 saturated carbocycles. The first-order valence-corrected chi connectivity index (χ1v) is 4.53. The first kappa shape index (κ1) is 11.5. The molecule has 0 aliphatic carbocycles. The van der Waals surface area contributed by atoms with Crippen LogP contribution in [0.5, 0.6) is 0 Å². The number of rotatable bonds is 2. The summed E-state index contributed by atoms with van der Waals surface area (Å²) in [6.07, 6.45) is -4.76. The minimum absolute atomic E-state index is 0.305. The predicted molar refractivity (Wildman–Crippen MR) is 53.8 cm³/mol. The largest absolute Gasteiger partial charge is 0.422 e. The van der Waals surface area contributed by atoms with E-state index in [-0.39, 0.29) is 6.42 Å². The van der Waals surface area contributed by atoms with Gasteiger partial charge in [0.15, 0.2) is 0 Å². The monoisotopic (exact) mass is 238 g/mol. The lowest BCUT2D eigenvalue weighted by Crippen LogP contribution is -2.22. The van der Waals surface area contributed by atoms with Gasteiger partial charge in [0, 0.05) is 11.4 Å². The number of hydrogen-bond acceptors (Lipinski definition) is 1. The van der Waals surface area contributed by atoms with Crippen molar-refractivity contribution in [3.05, 3.63) is 34.9 Å². The fourth-order valence-electron chi connectivity index (χ4n) is 0.915. The minimum atomic E-state index is -4.42. The van der Waals surface area contributed by atoms with Crippen LogP contribution in [0, 0.1) is 0 Å². The third-order valence-corrected chi connectivity index (χ3v) is 2.37. The van der Waals surface area contributed by atoms with Gasteiger partial charge in [0.25, 0.3) is 0 Å². The summed E-state index contributed by atoms with van der Waals surface area (Å²) in [7, 11) is 0. The Morgan fingerprint density at radius 1 is 1.29 bits per heavy atom. The van der Waals surface area contributed by atoms with Crippen LogP contribution in [0.25, 0.3) is 0 Å². The molecule has 5 heteroatoms. The van der Waals surface area contributed by atoms with E-state index in [1.165, 1.54) is 12.1 Å². The van der Waals surface area contributed by atoms with E-state index < -0.39 is 11.0 Å². The van der Waals surface area contributed by atoms with E-state index in [9.17, 15) is 13.2 Å². The molecule has 0 amide bonds. The van der Waals surface area contributed by atoms with E-state index in [4.69, 9.17) is 11.6 Å². The van der Waals surface area contributed by atoms with Gasteiger partial charge in [-0.2, -0.15) is 13.2 Å². The molecule has 1 aromatic carbocycles. The first-order valence-electron chi connectivity index (χ1n) is 3.74. The van der Waals surface area contributed by atoms with E-state index in [2.05, 4.69) is 12.2 Å². The molecule has 0 nitrogen and oxygen atoms in total. The number of alkyl halides is 3. The molecule has 0 aliphatic rings. The quantitative estimate of drug-likeness (QED) is 0.706. The summed E-state index contributed by atoms with van der Waals surface area (Å²) in [5.74, 6) is 0. The Bertz CT molecular complexity index is 346. The maximum atomic E-state index is 12.1. The van der Waals surface area contributed by atoms with Gasteiger partial charge < -0.3 is 0 Å². The molecule has 0 aliphatic heterocycles. The number of thiocarbonyl (C=S) groups is 1. The SMILES string of the molecule is FC(F)(F)C(=S)Cc1ccccc1Cl. The topological polar surface area (TPSA) is 0 Å². The Balaban J connectivity index is 2.80. The van der Waals surface area contributed by atoms with Gasteiger partial charge in [0.2, 0.25) is 0 Å². The zero-order chi connectivity index (χ0) is 10.8. The normalized spacial score (nSPS) is 11.4. The van der Waals surface area contributed by atoms with Crippen molar-refractivity contribution in [3.8, 4) is 0 Å². The molecule has 0 spiro atoms. The standard InChI is InChI=1S/C9H6ClF3S/c10-7-4-2-1-3-6(7)5-8(14)9(11,12)13/h1-4H,5H2. The number of benzene rings is 1. The average molecular weight is 239 g/mol. The van der Waals surface area contributed by atoms with Gasteiger partial charge in [-0.15, -0.1) is 0 Å². The van der Waals surface area contributed by atoms with E-state index in [1.807, 2.05) is 0 Å². The molecule has 1 aromatic rings. The summed E-state index contributed by atoms with van der Waals surface area (Å²) in [6, 6.07) is 6.35. The molecule has 0 heterocycles. The molecule has 0 N–H and O–H groups in total.